The summed E-state index contributed by atoms with van der Waals surface area (Å²) in [6.45, 7) is 0.730. The van der Waals surface area contributed by atoms with Gasteiger partial charge in [-0.15, -0.1) is 11.6 Å². The lowest BCUT2D eigenvalue weighted by Crippen LogP contribution is -1.96. The zero-order valence-electron chi connectivity index (χ0n) is 8.55. The minimum Gasteiger partial charge on any atom is -0.496 e. The van der Waals surface area contributed by atoms with Crippen LogP contribution in [-0.4, -0.2) is 20.8 Å². The number of ether oxygens (including phenoxy) is 2. The maximum absolute atomic E-state index is 5.81. The van der Waals surface area contributed by atoms with Crippen LogP contribution in [0.2, 0.25) is 0 Å². The smallest absolute Gasteiger partial charge is 0.123 e. The van der Waals surface area contributed by atoms with E-state index in [-0.39, 0.29) is 0 Å². The van der Waals surface area contributed by atoms with Gasteiger partial charge < -0.3 is 9.47 Å². The van der Waals surface area contributed by atoms with Crippen molar-refractivity contribution in [2.45, 2.75) is 12.3 Å². The van der Waals surface area contributed by atoms with E-state index in [1.807, 2.05) is 12.1 Å². The monoisotopic (exact) mass is 214 g/mol. The molecule has 0 heterocycles. The van der Waals surface area contributed by atoms with Gasteiger partial charge in [-0.1, -0.05) is 12.1 Å². The quantitative estimate of drug-likeness (QED) is 0.702. The van der Waals surface area contributed by atoms with Gasteiger partial charge in [0.1, 0.15) is 5.75 Å². The molecule has 0 aliphatic heterocycles. The van der Waals surface area contributed by atoms with E-state index in [9.17, 15) is 0 Å². The molecule has 2 nitrogen and oxygen atoms in total. The van der Waals surface area contributed by atoms with Crippen molar-refractivity contribution in [1.82, 2.24) is 0 Å². The molecule has 0 bridgehead atoms. The molecular weight excluding hydrogens is 200 g/mol. The SMILES string of the molecule is COCCc1ccc(OC)c(CCl)c1. The molecule has 0 aliphatic rings. The summed E-state index contributed by atoms with van der Waals surface area (Å²) in [5, 5.41) is 0. The van der Waals surface area contributed by atoms with E-state index in [4.69, 9.17) is 21.1 Å². The van der Waals surface area contributed by atoms with E-state index in [2.05, 4.69) is 6.07 Å². The van der Waals surface area contributed by atoms with Crippen LogP contribution in [0.1, 0.15) is 11.1 Å². The highest BCUT2D eigenvalue weighted by atomic mass is 35.5. The summed E-state index contributed by atoms with van der Waals surface area (Å²) in [6.07, 6.45) is 0.907. The first-order valence-corrected chi connectivity index (χ1v) is 5.06. The number of methoxy groups -OCH3 is 2. The summed E-state index contributed by atoms with van der Waals surface area (Å²) in [5.74, 6) is 1.32. The predicted octanol–water partition coefficient (Wildman–Crippen LogP) is 2.62. The molecule has 0 saturated carbocycles. The Morgan fingerprint density at radius 2 is 2.07 bits per heavy atom. The fraction of sp³-hybridized carbons (Fsp3) is 0.455. The maximum Gasteiger partial charge on any atom is 0.123 e. The van der Waals surface area contributed by atoms with Crippen molar-refractivity contribution >= 4 is 11.6 Å². The fourth-order valence-electron chi connectivity index (χ4n) is 1.31. The second-order valence-electron chi connectivity index (χ2n) is 3.02. The molecule has 1 aromatic rings. The standard InChI is InChI=1S/C11H15ClO2/c1-13-6-5-9-3-4-11(14-2)10(7-9)8-12/h3-4,7H,5-6,8H2,1-2H3. The van der Waals surface area contributed by atoms with Gasteiger partial charge in [0.2, 0.25) is 0 Å². The van der Waals surface area contributed by atoms with Crippen LogP contribution in [0.5, 0.6) is 5.75 Å². The second kappa shape index (κ2) is 5.89. The van der Waals surface area contributed by atoms with Gasteiger partial charge in [0.15, 0.2) is 0 Å². The lowest BCUT2D eigenvalue weighted by atomic mass is 10.1. The van der Waals surface area contributed by atoms with Crippen molar-refractivity contribution in [3.05, 3.63) is 29.3 Å². The van der Waals surface area contributed by atoms with E-state index < -0.39 is 0 Å². The normalized spacial score (nSPS) is 10.2. The molecule has 0 amide bonds. The molecule has 0 fully saturated rings. The number of halogens is 1. The molecule has 0 aromatic heterocycles. The van der Waals surface area contributed by atoms with Gasteiger partial charge in [0.25, 0.3) is 0 Å². The molecule has 1 rings (SSSR count). The Morgan fingerprint density at radius 1 is 1.29 bits per heavy atom. The second-order valence-corrected chi connectivity index (χ2v) is 3.29. The molecule has 14 heavy (non-hydrogen) atoms. The third kappa shape index (κ3) is 2.89. The molecule has 0 unspecified atom stereocenters. The summed E-state index contributed by atoms with van der Waals surface area (Å²) in [4.78, 5) is 0. The van der Waals surface area contributed by atoms with E-state index in [1.54, 1.807) is 14.2 Å². The summed E-state index contributed by atoms with van der Waals surface area (Å²) in [6, 6.07) is 6.04. The maximum atomic E-state index is 5.81. The molecule has 0 spiro atoms. The molecule has 0 aliphatic carbocycles. The van der Waals surface area contributed by atoms with Crippen LogP contribution in [0.3, 0.4) is 0 Å². The zero-order chi connectivity index (χ0) is 10.4. The van der Waals surface area contributed by atoms with Gasteiger partial charge in [0.05, 0.1) is 19.6 Å². The summed E-state index contributed by atoms with van der Waals surface area (Å²) < 4.78 is 10.2. The Labute approximate surface area is 89.8 Å². The van der Waals surface area contributed by atoms with Crippen molar-refractivity contribution in [1.29, 1.82) is 0 Å². The summed E-state index contributed by atoms with van der Waals surface area (Å²) >= 11 is 5.81. The first kappa shape index (κ1) is 11.3. The number of benzene rings is 1. The van der Waals surface area contributed by atoms with E-state index in [1.165, 1.54) is 5.56 Å². The van der Waals surface area contributed by atoms with Gasteiger partial charge in [-0.2, -0.15) is 0 Å². The van der Waals surface area contributed by atoms with Crippen molar-refractivity contribution in [3.8, 4) is 5.75 Å². The Bertz CT molecular complexity index is 287. The molecule has 0 atom stereocenters. The molecule has 0 N–H and O–H groups in total. The van der Waals surface area contributed by atoms with Gasteiger partial charge in [-0.05, 0) is 18.1 Å². The van der Waals surface area contributed by atoms with Crippen LogP contribution in [0.15, 0.2) is 18.2 Å². The van der Waals surface area contributed by atoms with Crippen LogP contribution in [0.25, 0.3) is 0 Å². The van der Waals surface area contributed by atoms with Crippen molar-refractivity contribution in [2.75, 3.05) is 20.8 Å². The number of alkyl halides is 1. The molecular formula is C11H15ClO2. The van der Waals surface area contributed by atoms with Gasteiger partial charge in [-0.3, -0.25) is 0 Å². The number of hydrogen-bond donors (Lipinski definition) is 0. The van der Waals surface area contributed by atoms with Gasteiger partial charge in [-0.25, -0.2) is 0 Å². The van der Waals surface area contributed by atoms with Gasteiger partial charge in [0, 0.05) is 12.7 Å². The Kier molecular flexibility index (Phi) is 4.77. The summed E-state index contributed by atoms with van der Waals surface area (Å²) in [5.41, 5.74) is 2.26. The van der Waals surface area contributed by atoms with Gasteiger partial charge >= 0.3 is 0 Å². The Balaban J connectivity index is 2.79. The molecule has 0 saturated heterocycles. The third-order valence-corrected chi connectivity index (χ3v) is 2.37. The molecule has 1 aromatic carbocycles. The highest BCUT2D eigenvalue weighted by Gasteiger charge is 2.02. The topological polar surface area (TPSA) is 18.5 Å². The van der Waals surface area contributed by atoms with Crippen molar-refractivity contribution in [2.24, 2.45) is 0 Å². The Hall–Kier alpha value is -0.730. The first-order valence-electron chi connectivity index (χ1n) is 4.52. The molecule has 0 radical (unpaired) electrons. The minimum atomic E-state index is 0.476. The van der Waals surface area contributed by atoms with Crippen LogP contribution in [-0.2, 0) is 17.0 Å². The number of hydrogen-bond acceptors (Lipinski definition) is 2. The van der Waals surface area contributed by atoms with E-state index >= 15 is 0 Å². The van der Waals surface area contributed by atoms with Crippen molar-refractivity contribution < 1.29 is 9.47 Å². The predicted molar refractivity (Wildman–Crippen MR) is 58.1 cm³/mol. The minimum absolute atomic E-state index is 0.476. The fourth-order valence-corrected chi connectivity index (χ4v) is 1.52. The van der Waals surface area contributed by atoms with E-state index in [0.29, 0.717) is 5.88 Å². The van der Waals surface area contributed by atoms with Crippen LogP contribution in [0, 0.1) is 0 Å². The average molecular weight is 215 g/mol. The van der Waals surface area contributed by atoms with Crippen LogP contribution >= 0.6 is 11.6 Å². The average Bonchev–Trinajstić information content (AvgIpc) is 2.25. The lowest BCUT2D eigenvalue weighted by molar-refractivity contribution is 0.202. The highest BCUT2D eigenvalue weighted by Crippen LogP contribution is 2.21. The zero-order valence-corrected chi connectivity index (χ0v) is 9.30. The van der Waals surface area contributed by atoms with Crippen LogP contribution in [0.4, 0.5) is 0 Å². The van der Waals surface area contributed by atoms with E-state index in [0.717, 1.165) is 24.3 Å². The van der Waals surface area contributed by atoms with Crippen molar-refractivity contribution in [3.63, 3.8) is 0 Å². The van der Waals surface area contributed by atoms with Crippen LogP contribution < -0.4 is 4.74 Å². The third-order valence-electron chi connectivity index (χ3n) is 2.08. The molecule has 78 valence electrons. The highest BCUT2D eigenvalue weighted by molar-refractivity contribution is 6.17. The Morgan fingerprint density at radius 3 is 2.64 bits per heavy atom. The molecule has 3 heteroatoms. The lowest BCUT2D eigenvalue weighted by Gasteiger charge is -2.08. The largest absolute Gasteiger partial charge is 0.496 e. The first-order chi connectivity index (χ1) is 6.81. The summed E-state index contributed by atoms with van der Waals surface area (Å²) in [7, 11) is 3.35. The number of rotatable bonds is 5.